The van der Waals surface area contributed by atoms with Gasteiger partial charge in [-0.25, -0.2) is 0 Å². The van der Waals surface area contributed by atoms with Gasteiger partial charge in [-0.1, -0.05) is 45.1 Å². The predicted molar refractivity (Wildman–Crippen MR) is 133 cm³/mol. The van der Waals surface area contributed by atoms with Crippen LogP contribution in [-0.4, -0.2) is 57.3 Å². The van der Waals surface area contributed by atoms with Crippen molar-refractivity contribution in [3.05, 3.63) is 11.6 Å². The number of esters is 1. The molecule has 5 aliphatic carbocycles. The van der Waals surface area contributed by atoms with Gasteiger partial charge < -0.3 is 21.5 Å². The van der Waals surface area contributed by atoms with Crippen LogP contribution in [0.1, 0.15) is 92.3 Å². The fourth-order valence-electron chi connectivity index (χ4n) is 9.30. The Kier molecular flexibility index (Phi) is 8.57. The number of carbonyl (C=O) groups excluding carboxylic acids is 3. The van der Waals surface area contributed by atoms with Crippen molar-refractivity contribution in [3.63, 3.8) is 0 Å². The number of carbonyl (C=O) groups is 3. The second-order valence-electron chi connectivity index (χ2n) is 12.8. The van der Waals surface area contributed by atoms with Gasteiger partial charge in [0.25, 0.3) is 0 Å². The van der Waals surface area contributed by atoms with E-state index < -0.39 is 41.0 Å². The first-order valence-corrected chi connectivity index (χ1v) is 14.0. The summed E-state index contributed by atoms with van der Waals surface area (Å²) in [7, 11) is 0. The number of hydrogen-bond donors (Lipinski definition) is 3. The van der Waals surface area contributed by atoms with Gasteiger partial charge in [0.05, 0.1) is 6.10 Å². The molecule has 7 nitrogen and oxygen atoms in total. The third-order valence-corrected chi connectivity index (χ3v) is 11.2. The summed E-state index contributed by atoms with van der Waals surface area (Å²) < 4.78 is 6.08. The summed E-state index contributed by atoms with van der Waals surface area (Å²) in [6, 6.07) is 0. The Labute approximate surface area is 243 Å². The van der Waals surface area contributed by atoms with E-state index in [1.165, 1.54) is 25.7 Å². The molecule has 3 N–H and O–H groups in total. The Bertz CT molecular complexity index is 965. The molecule has 8 atom stereocenters. The molecule has 0 amide bonds. The number of hydrogen-bond acceptors (Lipinski definition) is 7. The number of rotatable bonds is 6. The van der Waals surface area contributed by atoms with Crippen molar-refractivity contribution in [2.24, 2.45) is 34.5 Å². The molecule has 0 spiro atoms. The largest absolute Gasteiger partial charge is 1.00 e. The van der Waals surface area contributed by atoms with E-state index in [2.05, 4.69) is 0 Å². The minimum absolute atomic E-state index is 0. The van der Waals surface area contributed by atoms with E-state index in [-0.39, 0.29) is 79.8 Å². The van der Waals surface area contributed by atoms with Crippen molar-refractivity contribution in [1.82, 2.24) is 0 Å². The van der Waals surface area contributed by atoms with Crippen LogP contribution in [-0.2, 0) is 19.1 Å². The fraction of sp³-hybridized carbons (Fsp3) is 0.828. The maximum Gasteiger partial charge on any atom is 1.00 e. The van der Waals surface area contributed by atoms with Crippen LogP contribution in [0, 0.1) is 34.5 Å². The zero-order chi connectivity index (χ0) is 25.9. The van der Waals surface area contributed by atoms with Crippen molar-refractivity contribution >= 4 is 17.5 Å². The van der Waals surface area contributed by atoms with Gasteiger partial charge in [-0.15, -0.1) is 0 Å². The van der Waals surface area contributed by atoms with E-state index in [4.69, 9.17) is 4.74 Å². The second-order valence-corrected chi connectivity index (χ2v) is 12.8. The summed E-state index contributed by atoms with van der Waals surface area (Å²) >= 11 is 0. The molecule has 5 rings (SSSR count). The molecule has 0 heterocycles. The molecule has 0 radical (unpaired) electrons. The van der Waals surface area contributed by atoms with Crippen LogP contribution in [0.15, 0.2) is 11.6 Å². The molecule has 0 aliphatic heterocycles. The van der Waals surface area contributed by atoms with Crippen LogP contribution in [0.5, 0.6) is 0 Å². The standard InChI is InChI=1S/C29H42O7.Na.H/c1-27-15-22(32)26-20(21(27)11-12-29(27,35)23(33)16-30)9-8-18-13-19(31)14-24(28(18,26)2)36-25(34)10-7-17-5-3-4-6-17;;/h13,17,20-22,24,26,30,32,35H,3-12,14-16H2,1-2H3;;/q;+1;-1/t20-,21-,22-,24?,26+,27-,28+,29-;;/m0../s1. The summed E-state index contributed by atoms with van der Waals surface area (Å²) in [5, 5.41) is 32.6. The van der Waals surface area contributed by atoms with Gasteiger partial charge in [-0.2, -0.15) is 0 Å². The molecule has 37 heavy (non-hydrogen) atoms. The van der Waals surface area contributed by atoms with Gasteiger partial charge in [0.15, 0.2) is 11.6 Å². The topological polar surface area (TPSA) is 121 Å². The van der Waals surface area contributed by atoms with Crippen molar-refractivity contribution in [2.45, 2.75) is 109 Å². The van der Waals surface area contributed by atoms with E-state index in [0.717, 1.165) is 18.4 Å². The smallest absolute Gasteiger partial charge is 1.00 e. The van der Waals surface area contributed by atoms with Crippen LogP contribution in [0.3, 0.4) is 0 Å². The first-order chi connectivity index (χ1) is 17.0. The second kappa shape index (κ2) is 10.8. The SMILES string of the molecule is C[C@]12C[C@H](O)[C@H]3[C@@H](CCC4=CC(=O)CC(OC(=O)CCC5CCCC5)[C@@]43C)[C@@H]1CC[C@]2(O)C(=O)CO.[H-].[Na+]. The van der Waals surface area contributed by atoms with E-state index in [1.54, 1.807) is 6.08 Å². The normalized spacial score (nSPS) is 43.2. The third kappa shape index (κ3) is 4.63. The fourth-order valence-corrected chi connectivity index (χ4v) is 9.30. The zero-order valence-corrected chi connectivity index (χ0v) is 24.7. The molecular formula is C29H43NaO7. The van der Waals surface area contributed by atoms with E-state index >= 15 is 0 Å². The first kappa shape index (κ1) is 29.4. The van der Waals surface area contributed by atoms with Gasteiger partial charge in [0.2, 0.25) is 0 Å². The number of ketones is 2. The van der Waals surface area contributed by atoms with Gasteiger partial charge in [-0.05, 0) is 62.4 Å². The van der Waals surface area contributed by atoms with Crippen LogP contribution < -0.4 is 29.6 Å². The summed E-state index contributed by atoms with van der Waals surface area (Å²) in [6.07, 6.45) is 8.94. The summed E-state index contributed by atoms with van der Waals surface area (Å²) in [6.45, 7) is 3.22. The molecular weight excluding hydrogens is 483 g/mol. The average molecular weight is 527 g/mol. The minimum Gasteiger partial charge on any atom is -1.00 e. The monoisotopic (exact) mass is 526 g/mol. The molecule has 0 bridgehead atoms. The van der Waals surface area contributed by atoms with Crippen molar-refractivity contribution in [1.29, 1.82) is 0 Å². The van der Waals surface area contributed by atoms with E-state index in [1.807, 2.05) is 13.8 Å². The molecule has 0 aromatic carbocycles. The average Bonchev–Trinajstić information content (AvgIpc) is 3.44. The maximum atomic E-state index is 13.0. The molecule has 1 unspecified atom stereocenters. The summed E-state index contributed by atoms with van der Waals surface area (Å²) in [5.74, 6) is -0.496. The Balaban J connectivity index is 0.00000200. The predicted octanol–water partition coefficient (Wildman–Crippen LogP) is 0.390. The van der Waals surface area contributed by atoms with Gasteiger partial charge in [-0.3, -0.25) is 14.4 Å². The van der Waals surface area contributed by atoms with E-state index in [9.17, 15) is 29.7 Å². The molecule has 5 aliphatic rings. The number of Topliss-reactive ketones (excluding diaryl/α,β-unsaturated/α-hetero) is 1. The first-order valence-electron chi connectivity index (χ1n) is 14.0. The zero-order valence-electron chi connectivity index (χ0n) is 23.7. The van der Waals surface area contributed by atoms with E-state index in [0.29, 0.717) is 25.2 Å². The molecule has 0 aromatic rings. The maximum absolute atomic E-state index is 13.0. The minimum atomic E-state index is -1.65. The Hall–Kier alpha value is -0.570. The Morgan fingerprint density at radius 1 is 1.16 bits per heavy atom. The van der Waals surface area contributed by atoms with Crippen molar-refractivity contribution < 1.29 is 65.4 Å². The Morgan fingerprint density at radius 3 is 2.54 bits per heavy atom. The summed E-state index contributed by atoms with van der Waals surface area (Å²) in [5.41, 5.74) is -2.19. The van der Waals surface area contributed by atoms with Crippen LogP contribution in [0.4, 0.5) is 0 Å². The quantitative estimate of drug-likeness (QED) is 0.338. The third-order valence-electron chi connectivity index (χ3n) is 11.2. The Morgan fingerprint density at radius 2 is 1.86 bits per heavy atom. The number of fused-ring (bicyclic) bond motifs is 5. The van der Waals surface area contributed by atoms with Gasteiger partial charge in [0.1, 0.15) is 18.3 Å². The van der Waals surface area contributed by atoms with Crippen molar-refractivity contribution in [2.75, 3.05) is 6.61 Å². The van der Waals surface area contributed by atoms with Crippen LogP contribution in [0.25, 0.3) is 0 Å². The number of ether oxygens (including phenoxy) is 1. The van der Waals surface area contributed by atoms with Crippen molar-refractivity contribution in [3.8, 4) is 0 Å². The molecule has 4 saturated carbocycles. The number of aliphatic hydroxyl groups is 3. The van der Waals surface area contributed by atoms with Gasteiger partial charge in [0, 0.05) is 29.6 Å². The van der Waals surface area contributed by atoms with Crippen LogP contribution in [0.2, 0.25) is 0 Å². The number of aliphatic hydroxyl groups excluding tert-OH is 2. The van der Waals surface area contributed by atoms with Gasteiger partial charge >= 0.3 is 35.5 Å². The van der Waals surface area contributed by atoms with Crippen LogP contribution >= 0.6 is 0 Å². The summed E-state index contributed by atoms with van der Waals surface area (Å²) in [4.78, 5) is 38.2. The molecule has 202 valence electrons. The molecule has 0 saturated heterocycles. The molecule has 0 aromatic heterocycles. The molecule has 8 heteroatoms. The molecule has 4 fully saturated rings.